The highest BCUT2D eigenvalue weighted by Gasteiger charge is 2.33. The Morgan fingerprint density at radius 2 is 1.85 bits per heavy atom. The van der Waals surface area contributed by atoms with Gasteiger partial charge in [-0.15, -0.1) is 0 Å². The summed E-state index contributed by atoms with van der Waals surface area (Å²) in [5, 5.41) is 0. The topological polar surface area (TPSA) is 71.9 Å². The van der Waals surface area contributed by atoms with E-state index in [4.69, 9.17) is 4.74 Å². The van der Waals surface area contributed by atoms with E-state index in [-0.39, 0.29) is 10.8 Å². The number of hydrogen-bond acceptors (Lipinski definition) is 4. The molecule has 3 heterocycles. The van der Waals surface area contributed by atoms with E-state index in [1.54, 1.807) is 16.5 Å². The lowest BCUT2D eigenvalue weighted by atomic mass is 10.2. The predicted octanol–water partition coefficient (Wildman–Crippen LogP) is 1.25. The molecule has 1 aromatic heterocycles. The first-order valence-corrected chi connectivity index (χ1v) is 10.1. The van der Waals surface area contributed by atoms with E-state index in [0.29, 0.717) is 45.0 Å². The molecule has 8 heteroatoms. The molecule has 138 valence electrons. The molecule has 7 nitrogen and oxygen atoms in total. The Kier molecular flexibility index (Phi) is 4.24. The van der Waals surface area contributed by atoms with E-state index in [0.717, 1.165) is 11.3 Å². The predicted molar refractivity (Wildman–Crippen MR) is 96.8 cm³/mol. The van der Waals surface area contributed by atoms with Crippen molar-refractivity contribution in [2.24, 2.45) is 7.05 Å². The molecule has 0 atom stereocenters. The first-order chi connectivity index (χ1) is 12.5. The van der Waals surface area contributed by atoms with Crippen LogP contribution in [0.3, 0.4) is 0 Å². The average Bonchev–Trinajstić information content (AvgIpc) is 3.26. The Balaban J connectivity index is 1.65. The largest absolute Gasteiger partial charge is 0.378 e. The van der Waals surface area contributed by atoms with E-state index in [1.165, 1.54) is 16.6 Å². The fraction of sp³-hybridized carbons (Fsp3) is 0.389. The summed E-state index contributed by atoms with van der Waals surface area (Å²) in [4.78, 5) is 14.6. The Bertz CT molecular complexity index is 945. The first-order valence-electron chi connectivity index (χ1n) is 8.62. The molecular weight excluding hydrogens is 354 g/mol. The molecule has 2 aromatic rings. The summed E-state index contributed by atoms with van der Waals surface area (Å²) in [6.45, 7) is 2.47. The van der Waals surface area contributed by atoms with Crippen molar-refractivity contribution in [2.45, 2.75) is 11.3 Å². The molecule has 0 unspecified atom stereocenters. The summed E-state index contributed by atoms with van der Waals surface area (Å²) >= 11 is 0. The van der Waals surface area contributed by atoms with Crippen LogP contribution in [0.2, 0.25) is 0 Å². The van der Waals surface area contributed by atoms with Crippen LogP contribution in [0.1, 0.15) is 16.1 Å². The number of sulfonamides is 1. The van der Waals surface area contributed by atoms with Crippen molar-refractivity contribution in [1.82, 2.24) is 9.47 Å². The number of aryl methyl sites for hydroxylation is 1. The normalized spacial score (nSPS) is 17.4. The summed E-state index contributed by atoms with van der Waals surface area (Å²) in [5.74, 6) is -0.168. The zero-order valence-corrected chi connectivity index (χ0v) is 15.4. The molecule has 1 saturated heterocycles. The van der Waals surface area contributed by atoms with Crippen molar-refractivity contribution in [3.8, 4) is 0 Å². The van der Waals surface area contributed by atoms with Crippen molar-refractivity contribution in [2.75, 3.05) is 37.2 Å². The fourth-order valence-corrected chi connectivity index (χ4v) is 5.08. The number of aromatic nitrogens is 1. The maximum Gasteiger partial charge on any atom is 0.270 e. The van der Waals surface area contributed by atoms with E-state index in [2.05, 4.69) is 0 Å². The van der Waals surface area contributed by atoms with Gasteiger partial charge in [-0.25, -0.2) is 8.42 Å². The molecule has 0 radical (unpaired) electrons. The van der Waals surface area contributed by atoms with Crippen LogP contribution >= 0.6 is 0 Å². The maximum atomic E-state index is 13.1. The van der Waals surface area contributed by atoms with Crippen molar-refractivity contribution in [3.63, 3.8) is 0 Å². The Hall–Kier alpha value is -2.32. The van der Waals surface area contributed by atoms with Gasteiger partial charge in [0.15, 0.2) is 0 Å². The summed E-state index contributed by atoms with van der Waals surface area (Å²) in [6.07, 6.45) is 2.21. The molecule has 0 saturated carbocycles. The summed E-state index contributed by atoms with van der Waals surface area (Å²) in [6, 6.07) is 9.00. The second-order valence-corrected chi connectivity index (χ2v) is 8.39. The molecule has 1 aromatic carbocycles. The minimum absolute atomic E-state index is 0.147. The van der Waals surface area contributed by atoms with Crippen LogP contribution in [-0.2, 0) is 28.2 Å². The number of carbonyl (C=O) groups excluding carboxylic acids is 1. The van der Waals surface area contributed by atoms with Gasteiger partial charge >= 0.3 is 0 Å². The zero-order chi connectivity index (χ0) is 18.3. The number of morpholine rings is 1. The van der Waals surface area contributed by atoms with Crippen LogP contribution in [0.5, 0.6) is 0 Å². The van der Waals surface area contributed by atoms with Crippen molar-refractivity contribution < 1.29 is 17.9 Å². The number of anilines is 1. The Morgan fingerprint density at radius 1 is 1.12 bits per heavy atom. The van der Waals surface area contributed by atoms with Crippen LogP contribution in [0.25, 0.3) is 0 Å². The molecule has 2 aliphatic rings. The van der Waals surface area contributed by atoms with Gasteiger partial charge in [0.1, 0.15) is 10.6 Å². The summed E-state index contributed by atoms with van der Waals surface area (Å²) in [7, 11) is -2.00. The fourth-order valence-electron chi connectivity index (χ4n) is 3.50. The van der Waals surface area contributed by atoms with Crippen LogP contribution in [0.4, 0.5) is 5.69 Å². The smallest absolute Gasteiger partial charge is 0.270 e. The second-order valence-electron chi connectivity index (χ2n) is 6.53. The quantitative estimate of drug-likeness (QED) is 0.809. The SMILES string of the molecule is Cn1cc(S(=O)(=O)N2CCc3ccccc32)cc1C(=O)N1CCOCC1. The van der Waals surface area contributed by atoms with Crippen LogP contribution in [0.15, 0.2) is 41.4 Å². The number of fused-ring (bicyclic) bond motifs is 1. The molecule has 2 aliphatic heterocycles. The number of nitrogens with zero attached hydrogens (tertiary/aromatic N) is 3. The van der Waals surface area contributed by atoms with Crippen molar-refractivity contribution in [1.29, 1.82) is 0 Å². The van der Waals surface area contributed by atoms with Gasteiger partial charge < -0.3 is 14.2 Å². The number of para-hydroxylation sites is 1. The summed E-state index contributed by atoms with van der Waals surface area (Å²) < 4.78 is 34.6. The number of carbonyl (C=O) groups is 1. The lowest BCUT2D eigenvalue weighted by Crippen LogP contribution is -2.41. The van der Waals surface area contributed by atoms with Crippen LogP contribution < -0.4 is 4.31 Å². The van der Waals surface area contributed by atoms with Crippen LogP contribution in [-0.4, -0.2) is 56.6 Å². The number of amides is 1. The van der Waals surface area contributed by atoms with Crippen molar-refractivity contribution >= 4 is 21.6 Å². The molecule has 1 fully saturated rings. The monoisotopic (exact) mass is 375 g/mol. The second kappa shape index (κ2) is 6.44. The lowest BCUT2D eigenvalue weighted by Gasteiger charge is -2.26. The lowest BCUT2D eigenvalue weighted by molar-refractivity contribution is 0.0296. The van der Waals surface area contributed by atoms with Gasteiger partial charge in [0.25, 0.3) is 15.9 Å². The van der Waals surface area contributed by atoms with Crippen molar-refractivity contribution in [3.05, 3.63) is 47.8 Å². The molecule has 0 spiro atoms. The average molecular weight is 375 g/mol. The highest BCUT2D eigenvalue weighted by atomic mass is 32.2. The minimum Gasteiger partial charge on any atom is -0.378 e. The zero-order valence-electron chi connectivity index (χ0n) is 14.6. The van der Waals surface area contributed by atoms with Gasteiger partial charge in [-0.05, 0) is 24.1 Å². The van der Waals surface area contributed by atoms with E-state index in [1.807, 2.05) is 24.3 Å². The standard InChI is InChI=1S/C18H21N3O4S/c1-19-13-15(12-17(19)18(22)20-8-10-25-11-9-20)26(23,24)21-7-6-14-4-2-3-5-16(14)21/h2-5,12-13H,6-11H2,1H3. The minimum atomic E-state index is -3.70. The Morgan fingerprint density at radius 3 is 2.62 bits per heavy atom. The third-order valence-corrected chi connectivity index (χ3v) is 6.71. The Labute approximate surface area is 152 Å². The molecule has 0 bridgehead atoms. The molecule has 0 N–H and O–H groups in total. The van der Waals surface area contributed by atoms with Gasteiger partial charge in [0, 0.05) is 32.9 Å². The van der Waals surface area contributed by atoms with E-state index < -0.39 is 10.0 Å². The highest BCUT2D eigenvalue weighted by molar-refractivity contribution is 7.92. The molecule has 4 rings (SSSR count). The number of ether oxygens (including phenoxy) is 1. The third-order valence-electron chi connectivity index (χ3n) is 4.93. The number of benzene rings is 1. The van der Waals surface area contributed by atoms with E-state index in [9.17, 15) is 13.2 Å². The van der Waals surface area contributed by atoms with Gasteiger partial charge in [0.2, 0.25) is 0 Å². The van der Waals surface area contributed by atoms with Gasteiger partial charge in [-0.1, -0.05) is 18.2 Å². The highest BCUT2D eigenvalue weighted by Crippen LogP contribution is 2.33. The number of rotatable bonds is 3. The summed E-state index contributed by atoms with van der Waals surface area (Å²) in [5.41, 5.74) is 2.12. The third kappa shape index (κ3) is 2.79. The molecule has 26 heavy (non-hydrogen) atoms. The number of hydrogen-bond donors (Lipinski definition) is 0. The van der Waals surface area contributed by atoms with Gasteiger partial charge in [0.05, 0.1) is 18.9 Å². The molecular formula is C18H21N3O4S. The first kappa shape index (κ1) is 17.1. The van der Waals surface area contributed by atoms with E-state index >= 15 is 0 Å². The maximum absolute atomic E-state index is 13.1. The molecule has 1 amide bonds. The van der Waals surface area contributed by atoms with Crippen LogP contribution in [0, 0.1) is 0 Å². The molecule has 0 aliphatic carbocycles. The van der Waals surface area contributed by atoms with Gasteiger partial charge in [-0.2, -0.15) is 0 Å². The van der Waals surface area contributed by atoms with Gasteiger partial charge in [-0.3, -0.25) is 9.10 Å².